The number of rotatable bonds is 14. The van der Waals surface area contributed by atoms with Crippen LogP contribution in [0.5, 0.6) is 0 Å². The maximum absolute atomic E-state index is 15.0. The van der Waals surface area contributed by atoms with Crippen LogP contribution in [0.15, 0.2) is 9.59 Å². The minimum absolute atomic E-state index is 0.0369. The first-order chi connectivity index (χ1) is 25.9. The van der Waals surface area contributed by atoms with E-state index in [1.165, 1.54) is 0 Å². The molecule has 56 heavy (non-hydrogen) atoms. The average Bonchev–Trinajstić information content (AvgIpc) is 3.96. The Morgan fingerprint density at radius 3 is 2.11 bits per heavy atom. The number of ketones is 1. The number of terminal acetylenes is 1. The molecule has 0 spiro atoms. The highest BCUT2D eigenvalue weighted by Crippen LogP contribution is 2.65. The minimum Gasteiger partial charge on any atom is -0.369 e. The number of carbonyl (C=O) groups is 5. The summed E-state index contributed by atoms with van der Waals surface area (Å²) < 4.78 is 0. The van der Waals surface area contributed by atoms with Gasteiger partial charge in [0.05, 0.1) is 17.8 Å². The zero-order valence-corrected chi connectivity index (χ0v) is 35.1. The van der Waals surface area contributed by atoms with Gasteiger partial charge in [0.1, 0.15) is 12.1 Å². The third-order valence-corrected chi connectivity index (χ3v) is 13.1. The summed E-state index contributed by atoms with van der Waals surface area (Å²) in [4.78, 5) is 98.1. The quantitative estimate of drug-likeness (QED) is 0.165. The number of Topliss-reactive ketones (excluding diaryl/α,β-unsaturated/α-hetero) is 1. The van der Waals surface area contributed by atoms with Crippen LogP contribution >= 0.6 is 0 Å². The van der Waals surface area contributed by atoms with E-state index in [9.17, 15) is 33.6 Å². The summed E-state index contributed by atoms with van der Waals surface area (Å²) in [5.74, 6) is 0.00134. The van der Waals surface area contributed by atoms with Crippen molar-refractivity contribution in [2.24, 2.45) is 28.1 Å². The summed E-state index contributed by atoms with van der Waals surface area (Å²) in [6.07, 6.45) is 11.6. The van der Waals surface area contributed by atoms with Crippen molar-refractivity contribution in [1.82, 2.24) is 26.2 Å². The van der Waals surface area contributed by atoms with Gasteiger partial charge in [-0.25, -0.2) is 4.79 Å². The molecule has 5 amide bonds. The van der Waals surface area contributed by atoms with Crippen LogP contribution in [-0.2, 0) is 24.6 Å². The number of nitrogens with one attached hydrogen (secondary N) is 4. The molecule has 308 valence electrons. The summed E-state index contributed by atoms with van der Waals surface area (Å²) in [6.45, 7) is 18.3. The van der Waals surface area contributed by atoms with Crippen molar-refractivity contribution in [2.75, 3.05) is 25.0 Å². The number of piperidine rings is 1. The number of likely N-dealkylation sites (tertiary alicyclic amines) is 1. The second-order valence-electron chi connectivity index (χ2n) is 20.0. The van der Waals surface area contributed by atoms with Crippen molar-refractivity contribution in [1.29, 1.82) is 0 Å². The second kappa shape index (κ2) is 15.6. The van der Waals surface area contributed by atoms with Crippen LogP contribution in [0.25, 0.3) is 0 Å². The van der Waals surface area contributed by atoms with E-state index in [0.29, 0.717) is 30.6 Å². The Bertz CT molecular complexity index is 1830. The third-order valence-electron chi connectivity index (χ3n) is 13.1. The van der Waals surface area contributed by atoms with Gasteiger partial charge in [0.15, 0.2) is 0 Å². The fourth-order valence-electron chi connectivity index (χ4n) is 9.23. The molecule has 1 heterocycles. The number of carbonyl (C=O) groups excluding carboxylic acids is 5. The molecule has 13 nitrogen and oxygen atoms in total. The molecule has 4 fully saturated rings. The second-order valence-corrected chi connectivity index (χ2v) is 20.0. The Hall–Kier alpha value is -4.21. The van der Waals surface area contributed by atoms with Crippen LogP contribution < -0.4 is 37.0 Å². The summed E-state index contributed by atoms with van der Waals surface area (Å²) in [7, 11) is 1.74. The molecular formula is C43H64N6O7. The molecule has 1 aromatic carbocycles. The molecule has 0 bridgehead atoms. The number of amides is 5. The van der Waals surface area contributed by atoms with Gasteiger partial charge in [-0.15, -0.1) is 12.3 Å². The van der Waals surface area contributed by atoms with Crippen LogP contribution in [0.3, 0.4) is 0 Å². The van der Waals surface area contributed by atoms with E-state index >= 15 is 0 Å². The Morgan fingerprint density at radius 2 is 1.55 bits per heavy atom. The fraction of sp³-hybridized carbons (Fsp3) is 0.744. The van der Waals surface area contributed by atoms with Gasteiger partial charge < -0.3 is 31.1 Å². The standard InChI is InChI=1S/C43H64N6O7/c1-12-13-17-26(32(50)37(54)44-24-18-19-24)45-36(53)31-28-25(42(28,8)9)22-49(31)38(55)35(43(10)20-15-14-16-21-43)47-39(56)46-27(40(2,3)4)23-48(11)30-29(41(5,6)7)33(51)34(30)52/h1,24-28,31,35H,13-23H2,2-11H3,(H,44,54)(H,45,53)(H2,46,47,56)/t25-,26?,27+,28-,31-,35+/m0/s1. The molecule has 3 saturated carbocycles. The van der Waals surface area contributed by atoms with Crippen LogP contribution in [0.4, 0.5) is 10.5 Å². The van der Waals surface area contributed by atoms with Crippen LogP contribution in [0.1, 0.15) is 126 Å². The predicted octanol–water partition coefficient (Wildman–Crippen LogP) is 3.30. The van der Waals surface area contributed by atoms with E-state index in [-0.39, 0.29) is 48.6 Å². The molecule has 6 atom stereocenters. The lowest BCUT2D eigenvalue weighted by Crippen LogP contribution is -2.63. The number of likely N-dealkylation sites (N-methyl/N-ethyl adjacent to an activating group) is 1. The van der Waals surface area contributed by atoms with Crippen molar-refractivity contribution >= 4 is 35.2 Å². The third kappa shape index (κ3) is 8.69. The Kier molecular flexibility index (Phi) is 12.0. The molecule has 1 aromatic rings. The van der Waals surface area contributed by atoms with Gasteiger partial charge in [-0.2, -0.15) is 0 Å². The number of hydrogen-bond acceptors (Lipinski definition) is 8. The summed E-state index contributed by atoms with van der Waals surface area (Å²) in [5, 5.41) is 11.7. The highest BCUT2D eigenvalue weighted by atomic mass is 16.2. The number of anilines is 1. The van der Waals surface area contributed by atoms with Crippen molar-refractivity contribution in [2.45, 2.75) is 156 Å². The maximum atomic E-state index is 15.0. The first-order valence-corrected chi connectivity index (χ1v) is 20.4. The molecule has 1 saturated heterocycles. The number of nitrogens with zero attached hydrogens (tertiary/aromatic N) is 2. The first kappa shape index (κ1) is 42.9. The molecule has 1 aliphatic heterocycles. The number of fused-ring (bicyclic) bond motifs is 1. The van der Waals surface area contributed by atoms with Crippen molar-refractivity contribution < 1.29 is 24.0 Å². The largest absolute Gasteiger partial charge is 0.369 e. The molecule has 3 aliphatic carbocycles. The average molecular weight is 777 g/mol. The van der Waals surface area contributed by atoms with E-state index < -0.39 is 74.9 Å². The van der Waals surface area contributed by atoms with Gasteiger partial charge in [0, 0.05) is 38.2 Å². The van der Waals surface area contributed by atoms with E-state index in [4.69, 9.17) is 6.42 Å². The lowest BCUT2D eigenvalue weighted by Gasteiger charge is -2.43. The van der Waals surface area contributed by atoms with Crippen molar-refractivity contribution in [3.05, 3.63) is 26.0 Å². The summed E-state index contributed by atoms with van der Waals surface area (Å²) >= 11 is 0. The molecule has 1 unspecified atom stereocenters. The lowest BCUT2D eigenvalue weighted by atomic mass is 9.70. The molecule has 4 N–H and O–H groups in total. The van der Waals surface area contributed by atoms with Crippen LogP contribution in [0.2, 0.25) is 0 Å². The molecular weight excluding hydrogens is 713 g/mol. The van der Waals surface area contributed by atoms with Gasteiger partial charge in [0.25, 0.3) is 5.91 Å². The monoisotopic (exact) mass is 776 g/mol. The van der Waals surface area contributed by atoms with E-state index in [2.05, 4.69) is 41.0 Å². The fourth-order valence-corrected chi connectivity index (χ4v) is 9.23. The topological polar surface area (TPSA) is 174 Å². The molecule has 13 heteroatoms. The molecule has 0 radical (unpaired) electrons. The summed E-state index contributed by atoms with van der Waals surface area (Å²) in [5.41, 5.74) is -2.02. The van der Waals surface area contributed by atoms with Gasteiger partial charge in [-0.3, -0.25) is 28.8 Å². The normalized spacial score (nSPS) is 24.2. The van der Waals surface area contributed by atoms with Gasteiger partial charge in [-0.1, -0.05) is 81.6 Å². The highest BCUT2D eigenvalue weighted by Gasteiger charge is 2.70. The molecule has 4 aliphatic rings. The van der Waals surface area contributed by atoms with Gasteiger partial charge in [0.2, 0.25) is 28.5 Å². The zero-order chi connectivity index (χ0) is 41.7. The smallest absolute Gasteiger partial charge is 0.315 e. The Labute approximate surface area is 331 Å². The van der Waals surface area contributed by atoms with Crippen molar-refractivity contribution in [3.8, 4) is 12.3 Å². The van der Waals surface area contributed by atoms with Gasteiger partial charge in [-0.05, 0) is 65.6 Å². The van der Waals surface area contributed by atoms with Crippen molar-refractivity contribution in [3.63, 3.8) is 0 Å². The minimum atomic E-state index is -1.14. The van der Waals surface area contributed by atoms with Gasteiger partial charge >= 0.3 is 6.03 Å². The Morgan fingerprint density at radius 1 is 0.929 bits per heavy atom. The lowest BCUT2D eigenvalue weighted by molar-refractivity contribution is -0.146. The zero-order valence-electron chi connectivity index (χ0n) is 35.1. The maximum Gasteiger partial charge on any atom is 0.315 e. The van der Waals surface area contributed by atoms with E-state index in [1.54, 1.807) is 16.8 Å². The predicted molar refractivity (Wildman–Crippen MR) is 216 cm³/mol. The molecule has 0 aromatic heterocycles. The SMILES string of the molecule is C#CCCC(NC(=O)[C@@H]1[C@@H]2[C@H](CN1C(=O)[C@@H](NC(=O)N[C@H](CN(C)c1c(C(C)(C)C)c(=O)c1=O)C(C)(C)C)C1(C)CCCCC1)C2(C)C)C(=O)C(=O)NC1CC1. The number of hydrogen-bond donors (Lipinski definition) is 4. The van der Waals surface area contributed by atoms with Crippen LogP contribution in [0, 0.1) is 40.4 Å². The number of urea groups is 1. The molecule has 5 rings (SSSR count). The van der Waals surface area contributed by atoms with E-state index in [0.717, 1.165) is 32.1 Å². The Balaban J connectivity index is 1.38. The highest BCUT2D eigenvalue weighted by molar-refractivity contribution is 6.38. The first-order valence-electron chi connectivity index (χ1n) is 20.4. The summed E-state index contributed by atoms with van der Waals surface area (Å²) in [6, 6.07) is -4.07. The van der Waals surface area contributed by atoms with Crippen LogP contribution in [-0.4, -0.2) is 84.8 Å². The van der Waals surface area contributed by atoms with E-state index in [1.807, 2.05) is 48.5 Å².